The zero-order valence-electron chi connectivity index (χ0n) is 17.6. The van der Waals surface area contributed by atoms with Crippen LogP contribution >= 0.6 is 0 Å². The van der Waals surface area contributed by atoms with E-state index in [1.54, 1.807) is 14.2 Å². The van der Waals surface area contributed by atoms with Gasteiger partial charge in [0.1, 0.15) is 11.5 Å². The minimum Gasteiger partial charge on any atom is -0.497 e. The van der Waals surface area contributed by atoms with E-state index < -0.39 is 0 Å². The number of carbonyl (C=O) groups excluding carboxylic acids is 1. The van der Waals surface area contributed by atoms with Gasteiger partial charge in [0, 0.05) is 42.2 Å². The van der Waals surface area contributed by atoms with E-state index in [4.69, 9.17) is 14.2 Å². The van der Waals surface area contributed by atoms with Gasteiger partial charge < -0.3 is 19.1 Å². The molecule has 2 aliphatic rings. The third-order valence-corrected chi connectivity index (χ3v) is 6.52. The molecule has 5 nitrogen and oxygen atoms in total. The monoisotopic (exact) mass is 395 g/mol. The number of nitrogens with zero attached hydrogens (tertiary/aromatic N) is 1. The van der Waals surface area contributed by atoms with Crippen molar-refractivity contribution < 1.29 is 19.0 Å². The molecule has 2 atom stereocenters. The van der Waals surface area contributed by atoms with Crippen molar-refractivity contribution >= 4 is 5.91 Å². The van der Waals surface area contributed by atoms with E-state index in [9.17, 15) is 4.79 Å². The standard InChI is InChI=1S/C24H29NO4/c1-23(2)15-29-20-11-10-18(28-4)12-19(20)24(16-27-3)14-25(13-21(23)24)22(26)17-8-6-5-7-9-17/h5-12,21H,13-16H2,1-4H3/t21-,24-/m1/s1. The Kier molecular flexibility index (Phi) is 5.03. The molecule has 0 bridgehead atoms. The van der Waals surface area contributed by atoms with Crippen LogP contribution in [-0.2, 0) is 10.2 Å². The molecule has 0 N–H and O–H groups in total. The average molecular weight is 395 g/mol. The third-order valence-electron chi connectivity index (χ3n) is 6.52. The van der Waals surface area contributed by atoms with Crippen LogP contribution in [0.1, 0.15) is 29.8 Å². The number of benzene rings is 2. The number of amides is 1. The number of rotatable bonds is 4. The fraction of sp³-hybridized carbons (Fsp3) is 0.458. The summed E-state index contributed by atoms with van der Waals surface area (Å²) >= 11 is 0. The highest BCUT2D eigenvalue weighted by Crippen LogP contribution is 2.53. The van der Waals surface area contributed by atoms with Crippen LogP contribution in [0.2, 0.25) is 0 Å². The SMILES string of the molecule is COC[C@@]12CN(C(=O)c3ccccc3)C[C@@H]1C(C)(C)COc1ccc(OC)cc12. The van der Waals surface area contributed by atoms with Crippen molar-refractivity contribution in [1.82, 2.24) is 4.90 Å². The fourth-order valence-electron chi connectivity index (χ4n) is 5.09. The molecule has 0 unspecified atom stereocenters. The van der Waals surface area contributed by atoms with Gasteiger partial charge in [0.25, 0.3) is 5.91 Å². The molecule has 0 saturated carbocycles. The van der Waals surface area contributed by atoms with E-state index in [0.717, 1.165) is 22.6 Å². The summed E-state index contributed by atoms with van der Waals surface area (Å²) in [6, 6.07) is 15.5. The van der Waals surface area contributed by atoms with Crippen LogP contribution < -0.4 is 9.47 Å². The highest BCUT2D eigenvalue weighted by atomic mass is 16.5. The first-order valence-corrected chi connectivity index (χ1v) is 10.1. The summed E-state index contributed by atoms with van der Waals surface area (Å²) in [5.41, 5.74) is 1.30. The van der Waals surface area contributed by atoms with Crippen LogP contribution in [-0.4, -0.2) is 51.3 Å². The van der Waals surface area contributed by atoms with Crippen LogP contribution in [0.15, 0.2) is 48.5 Å². The molecule has 2 aliphatic heterocycles. The largest absolute Gasteiger partial charge is 0.497 e. The Bertz CT molecular complexity index is 895. The van der Waals surface area contributed by atoms with E-state index in [-0.39, 0.29) is 22.7 Å². The van der Waals surface area contributed by atoms with Crippen molar-refractivity contribution in [2.24, 2.45) is 11.3 Å². The van der Waals surface area contributed by atoms with Gasteiger partial charge in [-0.2, -0.15) is 0 Å². The van der Waals surface area contributed by atoms with Crippen LogP contribution in [0.5, 0.6) is 11.5 Å². The third kappa shape index (κ3) is 3.27. The molecule has 0 spiro atoms. The average Bonchev–Trinajstić information content (AvgIpc) is 3.10. The first kappa shape index (κ1) is 19.8. The molecule has 0 radical (unpaired) electrons. The van der Waals surface area contributed by atoms with Gasteiger partial charge in [-0.25, -0.2) is 0 Å². The summed E-state index contributed by atoms with van der Waals surface area (Å²) in [5, 5.41) is 0. The zero-order valence-corrected chi connectivity index (χ0v) is 17.6. The maximum atomic E-state index is 13.3. The highest BCUT2D eigenvalue weighted by Gasteiger charge is 2.57. The summed E-state index contributed by atoms with van der Waals surface area (Å²) in [6.45, 7) is 6.82. The number of carbonyl (C=O) groups is 1. The molecule has 1 fully saturated rings. The molecule has 29 heavy (non-hydrogen) atoms. The second-order valence-electron chi connectivity index (χ2n) is 8.83. The predicted molar refractivity (Wildman–Crippen MR) is 112 cm³/mol. The lowest BCUT2D eigenvalue weighted by molar-refractivity contribution is 0.0532. The number of methoxy groups -OCH3 is 2. The number of likely N-dealkylation sites (tertiary alicyclic amines) is 1. The Morgan fingerprint density at radius 1 is 1.17 bits per heavy atom. The van der Waals surface area contributed by atoms with Gasteiger partial charge in [-0.3, -0.25) is 4.79 Å². The molecular formula is C24H29NO4. The lowest BCUT2D eigenvalue weighted by Gasteiger charge is -2.40. The number of hydrogen-bond donors (Lipinski definition) is 0. The zero-order chi connectivity index (χ0) is 20.6. The molecule has 2 aromatic carbocycles. The van der Waals surface area contributed by atoms with Crippen LogP contribution in [0.4, 0.5) is 0 Å². The molecule has 1 amide bonds. The van der Waals surface area contributed by atoms with Gasteiger partial charge in [-0.15, -0.1) is 0 Å². The first-order valence-electron chi connectivity index (χ1n) is 10.1. The molecule has 4 rings (SSSR count). The summed E-state index contributed by atoms with van der Waals surface area (Å²) in [5.74, 6) is 1.90. The molecule has 154 valence electrons. The Morgan fingerprint density at radius 3 is 2.62 bits per heavy atom. The maximum Gasteiger partial charge on any atom is 0.253 e. The Morgan fingerprint density at radius 2 is 1.93 bits per heavy atom. The number of ether oxygens (including phenoxy) is 3. The van der Waals surface area contributed by atoms with Crippen LogP contribution in [0.25, 0.3) is 0 Å². The van der Waals surface area contributed by atoms with E-state index >= 15 is 0 Å². The molecule has 5 heteroatoms. The molecule has 1 saturated heterocycles. The summed E-state index contributed by atoms with van der Waals surface area (Å²) in [4.78, 5) is 15.3. The Balaban J connectivity index is 1.82. The summed E-state index contributed by atoms with van der Waals surface area (Å²) in [6.07, 6.45) is 0. The Hall–Kier alpha value is -2.53. The van der Waals surface area contributed by atoms with Crippen LogP contribution in [0, 0.1) is 11.3 Å². The van der Waals surface area contributed by atoms with Gasteiger partial charge in [0.05, 0.1) is 20.3 Å². The molecule has 2 aromatic rings. The molecule has 2 heterocycles. The van der Waals surface area contributed by atoms with Crippen molar-refractivity contribution in [3.05, 3.63) is 59.7 Å². The minimum absolute atomic E-state index is 0.0651. The maximum absolute atomic E-state index is 13.3. The molecule has 0 aliphatic carbocycles. The summed E-state index contributed by atoms with van der Waals surface area (Å²) in [7, 11) is 3.40. The van der Waals surface area contributed by atoms with E-state index in [0.29, 0.717) is 26.3 Å². The lowest BCUT2D eigenvalue weighted by Crippen LogP contribution is -2.46. The van der Waals surface area contributed by atoms with Gasteiger partial charge in [0.15, 0.2) is 0 Å². The van der Waals surface area contributed by atoms with Crippen molar-refractivity contribution in [3.8, 4) is 11.5 Å². The van der Waals surface area contributed by atoms with Gasteiger partial charge in [0.2, 0.25) is 0 Å². The van der Waals surface area contributed by atoms with Crippen molar-refractivity contribution in [3.63, 3.8) is 0 Å². The van der Waals surface area contributed by atoms with Gasteiger partial charge in [-0.05, 0) is 36.2 Å². The topological polar surface area (TPSA) is 48.0 Å². The highest BCUT2D eigenvalue weighted by molar-refractivity contribution is 5.94. The Labute approximate surface area is 172 Å². The van der Waals surface area contributed by atoms with Crippen molar-refractivity contribution in [2.75, 3.05) is 40.5 Å². The van der Waals surface area contributed by atoms with Gasteiger partial charge >= 0.3 is 0 Å². The number of hydrogen-bond acceptors (Lipinski definition) is 4. The van der Waals surface area contributed by atoms with E-state index in [1.807, 2.05) is 47.4 Å². The summed E-state index contributed by atoms with van der Waals surface area (Å²) < 4.78 is 17.5. The second-order valence-corrected chi connectivity index (χ2v) is 8.83. The fourth-order valence-corrected chi connectivity index (χ4v) is 5.09. The predicted octanol–water partition coefficient (Wildman–Crippen LogP) is 3.77. The minimum atomic E-state index is -0.358. The first-order chi connectivity index (χ1) is 13.9. The molecule has 0 aromatic heterocycles. The normalized spacial score (nSPS) is 24.8. The second kappa shape index (κ2) is 7.38. The van der Waals surface area contributed by atoms with E-state index in [2.05, 4.69) is 19.9 Å². The lowest BCUT2D eigenvalue weighted by atomic mass is 9.63. The van der Waals surface area contributed by atoms with Gasteiger partial charge in [-0.1, -0.05) is 32.0 Å². The van der Waals surface area contributed by atoms with Crippen molar-refractivity contribution in [2.45, 2.75) is 19.3 Å². The van der Waals surface area contributed by atoms with Crippen LogP contribution in [0.3, 0.4) is 0 Å². The number of fused-ring (bicyclic) bond motifs is 3. The smallest absolute Gasteiger partial charge is 0.253 e. The molecular weight excluding hydrogens is 366 g/mol. The quantitative estimate of drug-likeness (QED) is 0.791. The van der Waals surface area contributed by atoms with Crippen molar-refractivity contribution in [1.29, 1.82) is 0 Å². The van der Waals surface area contributed by atoms with E-state index in [1.165, 1.54) is 0 Å².